The van der Waals surface area contributed by atoms with Gasteiger partial charge in [0.1, 0.15) is 5.69 Å². The van der Waals surface area contributed by atoms with Gasteiger partial charge in [0, 0.05) is 30.9 Å². The number of benzene rings is 1. The van der Waals surface area contributed by atoms with Gasteiger partial charge in [0.25, 0.3) is 11.8 Å². The minimum Gasteiger partial charge on any atom is -0.353 e. The minimum absolute atomic E-state index is 0.0450. The Morgan fingerprint density at radius 3 is 2.74 bits per heavy atom. The van der Waals surface area contributed by atoms with Crippen molar-refractivity contribution < 1.29 is 14.4 Å². The molecule has 0 radical (unpaired) electrons. The quantitative estimate of drug-likeness (QED) is 0.850. The van der Waals surface area contributed by atoms with E-state index in [0.717, 1.165) is 11.3 Å². The van der Waals surface area contributed by atoms with Crippen molar-refractivity contribution in [1.29, 1.82) is 0 Å². The second-order valence-electron chi connectivity index (χ2n) is 6.55. The van der Waals surface area contributed by atoms with Gasteiger partial charge in [-0.25, -0.2) is 0 Å². The Morgan fingerprint density at radius 1 is 1.26 bits per heavy atom. The fourth-order valence-corrected chi connectivity index (χ4v) is 3.04. The lowest BCUT2D eigenvalue weighted by molar-refractivity contribution is -0.123. The molecule has 1 saturated heterocycles. The van der Waals surface area contributed by atoms with Gasteiger partial charge in [0.15, 0.2) is 0 Å². The van der Waals surface area contributed by atoms with Crippen molar-refractivity contribution in [2.24, 2.45) is 0 Å². The average Bonchev–Trinajstić information content (AvgIpc) is 3.04. The Balaban J connectivity index is 1.82. The van der Waals surface area contributed by atoms with Gasteiger partial charge in [-0.3, -0.25) is 19.1 Å². The van der Waals surface area contributed by atoms with E-state index in [0.29, 0.717) is 36.6 Å². The topological polar surface area (TPSA) is 96.3 Å². The molecule has 0 bridgehead atoms. The van der Waals surface area contributed by atoms with Crippen LogP contribution in [0.15, 0.2) is 24.3 Å². The maximum absolute atomic E-state index is 12.7. The van der Waals surface area contributed by atoms with E-state index in [1.54, 1.807) is 28.9 Å². The molecule has 1 fully saturated rings. The molecule has 0 saturated carbocycles. The van der Waals surface area contributed by atoms with Crippen LogP contribution in [0.2, 0.25) is 0 Å². The molecule has 8 heteroatoms. The van der Waals surface area contributed by atoms with Gasteiger partial charge in [0.05, 0.1) is 12.2 Å². The predicted molar refractivity (Wildman–Crippen MR) is 101 cm³/mol. The molecule has 1 aromatic heterocycles. The molecule has 27 heavy (non-hydrogen) atoms. The van der Waals surface area contributed by atoms with Crippen molar-refractivity contribution in [3.05, 3.63) is 46.8 Å². The monoisotopic (exact) mass is 369 g/mol. The lowest BCUT2D eigenvalue weighted by Gasteiger charge is -2.27. The highest BCUT2D eigenvalue weighted by Gasteiger charge is 2.23. The Labute approximate surface area is 157 Å². The molecule has 0 unspecified atom stereocenters. The zero-order valence-electron chi connectivity index (χ0n) is 15.7. The molecule has 0 atom stereocenters. The maximum atomic E-state index is 12.7. The molecular weight excluding hydrogens is 346 g/mol. The van der Waals surface area contributed by atoms with Gasteiger partial charge < -0.3 is 15.5 Å². The summed E-state index contributed by atoms with van der Waals surface area (Å²) in [6.07, 6.45) is 0. The van der Waals surface area contributed by atoms with E-state index in [1.807, 2.05) is 20.8 Å². The molecule has 1 aliphatic rings. The highest BCUT2D eigenvalue weighted by atomic mass is 16.2. The van der Waals surface area contributed by atoms with E-state index in [4.69, 9.17) is 0 Å². The Hall–Kier alpha value is -3.16. The van der Waals surface area contributed by atoms with Crippen LogP contribution in [0.3, 0.4) is 0 Å². The number of anilines is 1. The zero-order valence-corrected chi connectivity index (χ0v) is 15.7. The van der Waals surface area contributed by atoms with E-state index in [2.05, 4.69) is 15.7 Å². The molecule has 2 aromatic rings. The number of hydrogen-bond donors (Lipinski definition) is 2. The molecule has 142 valence electrons. The molecular formula is C19H23N5O3. The summed E-state index contributed by atoms with van der Waals surface area (Å²) < 4.78 is 1.64. The Morgan fingerprint density at radius 2 is 2.04 bits per heavy atom. The summed E-state index contributed by atoms with van der Waals surface area (Å²) in [4.78, 5) is 38.4. The van der Waals surface area contributed by atoms with Crippen LogP contribution in [0.25, 0.3) is 0 Å². The first kappa shape index (κ1) is 18.6. The summed E-state index contributed by atoms with van der Waals surface area (Å²) >= 11 is 0. The van der Waals surface area contributed by atoms with Gasteiger partial charge >= 0.3 is 0 Å². The van der Waals surface area contributed by atoms with Crippen molar-refractivity contribution in [2.75, 3.05) is 25.0 Å². The number of nitrogens with zero attached hydrogens (tertiary/aromatic N) is 3. The second-order valence-corrected chi connectivity index (χ2v) is 6.55. The van der Waals surface area contributed by atoms with Crippen molar-refractivity contribution in [2.45, 2.75) is 27.3 Å². The number of rotatable bonds is 4. The van der Waals surface area contributed by atoms with Crippen LogP contribution in [0.4, 0.5) is 5.69 Å². The van der Waals surface area contributed by atoms with Gasteiger partial charge in [-0.05, 0) is 44.5 Å². The van der Waals surface area contributed by atoms with Crippen molar-refractivity contribution in [3.8, 4) is 0 Å². The molecule has 1 aromatic carbocycles. The van der Waals surface area contributed by atoms with Crippen LogP contribution >= 0.6 is 0 Å². The molecule has 2 heterocycles. The largest absolute Gasteiger partial charge is 0.353 e. The van der Waals surface area contributed by atoms with Crippen LogP contribution < -0.4 is 10.6 Å². The summed E-state index contributed by atoms with van der Waals surface area (Å²) in [6, 6.07) is 6.88. The number of aromatic nitrogens is 2. The molecule has 3 amide bonds. The summed E-state index contributed by atoms with van der Waals surface area (Å²) in [5.41, 5.74) is 3.08. The third-order valence-electron chi connectivity index (χ3n) is 4.49. The number of carbonyl (C=O) groups is 3. The third-order valence-corrected chi connectivity index (χ3v) is 4.49. The number of carbonyl (C=O) groups excluding carboxylic acids is 3. The smallest absolute Gasteiger partial charge is 0.273 e. The van der Waals surface area contributed by atoms with Gasteiger partial charge in [-0.15, -0.1) is 0 Å². The van der Waals surface area contributed by atoms with E-state index < -0.39 is 0 Å². The fourth-order valence-electron chi connectivity index (χ4n) is 3.04. The maximum Gasteiger partial charge on any atom is 0.273 e. The van der Waals surface area contributed by atoms with E-state index in [9.17, 15) is 14.4 Å². The van der Waals surface area contributed by atoms with Crippen LogP contribution in [-0.2, 0) is 11.3 Å². The zero-order chi connectivity index (χ0) is 19.6. The SMILES string of the molecule is CCn1nc(C)cc1C(=O)Nc1cc(C(=O)N2CCNC(=O)C2)ccc1C. The van der Waals surface area contributed by atoms with Gasteiger partial charge in [-0.2, -0.15) is 5.10 Å². The summed E-state index contributed by atoms with van der Waals surface area (Å²) in [6.45, 7) is 7.16. The standard InChI is InChI=1S/C19H23N5O3/c1-4-24-16(9-13(3)22-24)18(26)21-15-10-14(6-5-12(15)2)19(27)23-8-7-20-17(25)11-23/h5-6,9-10H,4,7-8,11H2,1-3H3,(H,20,25)(H,21,26). The lowest BCUT2D eigenvalue weighted by atomic mass is 10.1. The first-order chi connectivity index (χ1) is 12.9. The molecule has 3 rings (SSSR count). The lowest BCUT2D eigenvalue weighted by Crippen LogP contribution is -2.49. The van der Waals surface area contributed by atoms with Gasteiger partial charge in [-0.1, -0.05) is 6.07 Å². The van der Waals surface area contributed by atoms with Crippen molar-refractivity contribution in [1.82, 2.24) is 20.0 Å². The minimum atomic E-state index is -0.275. The van der Waals surface area contributed by atoms with Crippen LogP contribution in [-0.4, -0.2) is 52.0 Å². The Bertz CT molecular complexity index is 903. The van der Waals surface area contributed by atoms with Gasteiger partial charge in [0.2, 0.25) is 5.91 Å². The molecule has 1 aliphatic heterocycles. The highest BCUT2D eigenvalue weighted by Crippen LogP contribution is 2.20. The first-order valence-corrected chi connectivity index (χ1v) is 8.91. The molecule has 2 N–H and O–H groups in total. The number of nitrogens with one attached hydrogen (secondary N) is 2. The number of amides is 3. The Kier molecular flexibility index (Phi) is 5.25. The van der Waals surface area contributed by atoms with Crippen LogP contribution in [0.5, 0.6) is 0 Å². The third kappa shape index (κ3) is 3.99. The normalized spacial score (nSPS) is 14.0. The summed E-state index contributed by atoms with van der Waals surface area (Å²) in [7, 11) is 0. The molecule has 0 spiro atoms. The summed E-state index contributed by atoms with van der Waals surface area (Å²) in [5.74, 6) is -0.671. The van der Waals surface area contributed by atoms with E-state index in [1.165, 1.54) is 4.90 Å². The first-order valence-electron chi connectivity index (χ1n) is 8.91. The van der Waals surface area contributed by atoms with Crippen molar-refractivity contribution >= 4 is 23.4 Å². The van der Waals surface area contributed by atoms with Crippen molar-refractivity contribution in [3.63, 3.8) is 0 Å². The highest BCUT2D eigenvalue weighted by molar-refractivity contribution is 6.05. The fraction of sp³-hybridized carbons (Fsp3) is 0.368. The van der Waals surface area contributed by atoms with E-state index >= 15 is 0 Å². The summed E-state index contributed by atoms with van der Waals surface area (Å²) in [5, 5.41) is 9.86. The molecule has 8 nitrogen and oxygen atoms in total. The predicted octanol–water partition coefficient (Wildman–Crippen LogP) is 1.34. The van der Waals surface area contributed by atoms with E-state index in [-0.39, 0.29) is 24.3 Å². The molecule has 0 aliphatic carbocycles. The second kappa shape index (κ2) is 7.61. The average molecular weight is 369 g/mol. The number of aryl methyl sites for hydroxylation is 3. The van der Waals surface area contributed by atoms with Crippen LogP contribution in [0, 0.1) is 13.8 Å². The van der Waals surface area contributed by atoms with Crippen LogP contribution in [0.1, 0.15) is 39.0 Å². The number of hydrogen-bond acceptors (Lipinski definition) is 4. The number of piperazine rings is 1.